The van der Waals surface area contributed by atoms with Gasteiger partial charge >= 0.3 is 5.97 Å². The zero-order valence-electron chi connectivity index (χ0n) is 9.71. The van der Waals surface area contributed by atoms with E-state index in [1.807, 2.05) is 0 Å². The largest absolute Gasteiger partial charge is 0.465 e. The molecule has 0 radical (unpaired) electrons. The molecule has 0 N–H and O–H groups in total. The molecule has 0 amide bonds. The van der Waals surface area contributed by atoms with Gasteiger partial charge in [0, 0.05) is 19.5 Å². The number of hydrogen-bond donors (Lipinski definition) is 0. The Balaban J connectivity index is 2.49. The van der Waals surface area contributed by atoms with Crippen LogP contribution in [0.4, 0.5) is 0 Å². The number of thiazole rings is 1. The summed E-state index contributed by atoms with van der Waals surface area (Å²) < 4.78 is 11.7. The van der Waals surface area contributed by atoms with E-state index < -0.39 is 5.97 Å². The SMILES string of the molecule is COCn1ccnc1-c1nc(Cl)sc1C(=O)OC. The summed E-state index contributed by atoms with van der Waals surface area (Å²) >= 11 is 6.90. The summed E-state index contributed by atoms with van der Waals surface area (Å²) in [4.78, 5) is 20.2. The zero-order valence-corrected chi connectivity index (χ0v) is 11.3. The minimum Gasteiger partial charge on any atom is -0.465 e. The van der Waals surface area contributed by atoms with Gasteiger partial charge in [0.2, 0.25) is 0 Å². The third kappa shape index (κ3) is 2.38. The van der Waals surface area contributed by atoms with Gasteiger partial charge in [0.25, 0.3) is 0 Å². The van der Waals surface area contributed by atoms with Crippen LogP contribution in [0, 0.1) is 0 Å². The highest BCUT2D eigenvalue weighted by Gasteiger charge is 2.22. The molecule has 0 saturated carbocycles. The van der Waals surface area contributed by atoms with Crippen molar-refractivity contribution in [2.75, 3.05) is 14.2 Å². The number of aromatic nitrogens is 3. The molecule has 0 bridgehead atoms. The molecule has 0 saturated heterocycles. The number of halogens is 1. The van der Waals surface area contributed by atoms with Gasteiger partial charge in [-0.3, -0.25) is 0 Å². The quantitative estimate of drug-likeness (QED) is 0.805. The molecule has 96 valence electrons. The molecule has 0 aromatic carbocycles. The lowest BCUT2D eigenvalue weighted by Crippen LogP contribution is -2.05. The van der Waals surface area contributed by atoms with Gasteiger partial charge in [-0.2, -0.15) is 0 Å². The summed E-state index contributed by atoms with van der Waals surface area (Å²) in [5.74, 6) is 0.0294. The monoisotopic (exact) mass is 287 g/mol. The van der Waals surface area contributed by atoms with E-state index in [0.717, 1.165) is 11.3 Å². The highest BCUT2D eigenvalue weighted by Crippen LogP contribution is 2.30. The maximum Gasteiger partial charge on any atom is 0.350 e. The van der Waals surface area contributed by atoms with Crippen molar-refractivity contribution in [1.82, 2.24) is 14.5 Å². The van der Waals surface area contributed by atoms with Gasteiger partial charge in [0.15, 0.2) is 10.3 Å². The van der Waals surface area contributed by atoms with Crippen LogP contribution in [0.2, 0.25) is 4.47 Å². The number of ether oxygens (including phenoxy) is 2. The van der Waals surface area contributed by atoms with E-state index in [1.54, 1.807) is 24.1 Å². The second kappa shape index (κ2) is 5.47. The van der Waals surface area contributed by atoms with Crippen LogP contribution in [0.5, 0.6) is 0 Å². The van der Waals surface area contributed by atoms with E-state index in [2.05, 4.69) is 9.97 Å². The Labute approximate surface area is 112 Å². The lowest BCUT2D eigenvalue weighted by atomic mass is 10.3. The van der Waals surface area contributed by atoms with E-state index in [-0.39, 0.29) is 4.47 Å². The summed E-state index contributed by atoms with van der Waals surface area (Å²) in [6, 6.07) is 0. The number of hydrogen-bond acceptors (Lipinski definition) is 6. The van der Waals surface area contributed by atoms with Crippen LogP contribution in [0.1, 0.15) is 9.67 Å². The van der Waals surface area contributed by atoms with E-state index in [1.165, 1.54) is 7.11 Å². The summed E-state index contributed by atoms with van der Waals surface area (Å²) in [7, 11) is 2.88. The highest BCUT2D eigenvalue weighted by molar-refractivity contribution is 7.17. The van der Waals surface area contributed by atoms with Crippen LogP contribution < -0.4 is 0 Å². The van der Waals surface area contributed by atoms with Crippen LogP contribution in [-0.2, 0) is 16.2 Å². The fourth-order valence-corrected chi connectivity index (χ4v) is 2.47. The van der Waals surface area contributed by atoms with E-state index in [9.17, 15) is 4.79 Å². The number of esters is 1. The minimum atomic E-state index is -0.485. The van der Waals surface area contributed by atoms with Gasteiger partial charge in [0.1, 0.15) is 17.3 Å². The average molecular weight is 288 g/mol. The van der Waals surface area contributed by atoms with E-state index in [4.69, 9.17) is 21.1 Å². The molecule has 2 rings (SSSR count). The maximum absolute atomic E-state index is 11.6. The second-order valence-electron chi connectivity index (χ2n) is 3.27. The number of carbonyl (C=O) groups excluding carboxylic acids is 1. The molecule has 0 fully saturated rings. The van der Waals surface area contributed by atoms with Crippen molar-refractivity contribution in [1.29, 1.82) is 0 Å². The number of carbonyl (C=O) groups is 1. The number of methoxy groups -OCH3 is 2. The Kier molecular flexibility index (Phi) is 3.95. The van der Waals surface area contributed by atoms with Crippen molar-refractivity contribution in [3.8, 4) is 11.5 Å². The van der Waals surface area contributed by atoms with E-state index >= 15 is 0 Å². The molecule has 2 aromatic rings. The Morgan fingerprint density at radius 3 is 3.00 bits per heavy atom. The highest BCUT2D eigenvalue weighted by atomic mass is 35.5. The average Bonchev–Trinajstić information content (AvgIpc) is 2.95. The fraction of sp³-hybridized carbons (Fsp3) is 0.300. The summed E-state index contributed by atoms with van der Waals surface area (Å²) in [5, 5.41) is 0. The fourth-order valence-electron chi connectivity index (χ4n) is 1.45. The number of nitrogens with zero attached hydrogens (tertiary/aromatic N) is 3. The predicted molar refractivity (Wildman–Crippen MR) is 66.7 cm³/mol. The number of imidazole rings is 1. The third-order valence-corrected chi connectivity index (χ3v) is 3.31. The van der Waals surface area contributed by atoms with E-state index in [0.29, 0.717) is 23.1 Å². The van der Waals surface area contributed by atoms with Crippen LogP contribution >= 0.6 is 22.9 Å². The minimum absolute atomic E-state index is 0.261. The molecular weight excluding hydrogens is 278 g/mol. The Morgan fingerprint density at radius 1 is 1.56 bits per heavy atom. The third-order valence-electron chi connectivity index (χ3n) is 2.17. The van der Waals surface area contributed by atoms with Crippen LogP contribution in [0.15, 0.2) is 12.4 Å². The molecule has 0 aliphatic heterocycles. The molecule has 0 atom stereocenters. The predicted octanol–water partition coefficient (Wildman–Crippen LogP) is 2.05. The van der Waals surface area contributed by atoms with Crippen molar-refractivity contribution in [3.05, 3.63) is 21.7 Å². The molecule has 8 heteroatoms. The lowest BCUT2D eigenvalue weighted by molar-refractivity contribution is 0.0606. The Hall–Kier alpha value is -1.44. The molecule has 0 aliphatic rings. The summed E-state index contributed by atoms with van der Waals surface area (Å²) in [6.07, 6.45) is 3.33. The van der Waals surface area contributed by atoms with Gasteiger partial charge < -0.3 is 14.0 Å². The molecule has 0 spiro atoms. The molecule has 0 aliphatic carbocycles. The van der Waals surface area contributed by atoms with Gasteiger partial charge in [-0.25, -0.2) is 14.8 Å². The molecule has 2 aromatic heterocycles. The first kappa shape index (κ1) is 13.0. The van der Waals surface area contributed by atoms with Crippen molar-refractivity contribution in [3.63, 3.8) is 0 Å². The number of rotatable bonds is 4. The first-order valence-corrected chi connectivity index (χ1v) is 6.12. The molecule has 2 heterocycles. The van der Waals surface area contributed by atoms with Gasteiger partial charge in [-0.15, -0.1) is 0 Å². The summed E-state index contributed by atoms with van der Waals surface area (Å²) in [5.41, 5.74) is 0.402. The molecule has 18 heavy (non-hydrogen) atoms. The van der Waals surface area contributed by atoms with Gasteiger partial charge in [-0.1, -0.05) is 22.9 Å². The van der Waals surface area contributed by atoms with Crippen LogP contribution in [0.25, 0.3) is 11.5 Å². The Bertz CT molecular complexity index is 566. The van der Waals surface area contributed by atoms with Crippen molar-refractivity contribution < 1.29 is 14.3 Å². The second-order valence-corrected chi connectivity index (χ2v) is 4.86. The molecule has 0 unspecified atom stereocenters. The zero-order chi connectivity index (χ0) is 13.1. The van der Waals surface area contributed by atoms with Crippen LogP contribution in [0.3, 0.4) is 0 Å². The topological polar surface area (TPSA) is 66.2 Å². The van der Waals surface area contributed by atoms with Crippen molar-refractivity contribution in [2.45, 2.75) is 6.73 Å². The first-order valence-electron chi connectivity index (χ1n) is 4.92. The van der Waals surface area contributed by atoms with Gasteiger partial charge in [0.05, 0.1) is 7.11 Å². The van der Waals surface area contributed by atoms with Crippen molar-refractivity contribution in [2.24, 2.45) is 0 Å². The van der Waals surface area contributed by atoms with Crippen LogP contribution in [-0.4, -0.2) is 34.7 Å². The lowest BCUT2D eigenvalue weighted by Gasteiger charge is -2.05. The smallest absolute Gasteiger partial charge is 0.350 e. The molecular formula is C10H10ClN3O3S. The molecule has 6 nitrogen and oxygen atoms in total. The van der Waals surface area contributed by atoms with Gasteiger partial charge in [-0.05, 0) is 0 Å². The normalized spacial score (nSPS) is 10.6. The standard InChI is InChI=1S/C10H10ClN3O3S/c1-16-5-14-4-3-12-8(14)6-7(9(15)17-2)18-10(11)13-6/h3-4H,5H2,1-2H3. The first-order chi connectivity index (χ1) is 8.67. The Morgan fingerprint density at radius 2 is 2.33 bits per heavy atom. The van der Waals surface area contributed by atoms with Crippen molar-refractivity contribution >= 4 is 28.9 Å². The maximum atomic E-state index is 11.6. The summed E-state index contributed by atoms with van der Waals surface area (Å²) in [6.45, 7) is 0.311.